The maximum Gasteiger partial charge on any atom is 0.258 e. The van der Waals surface area contributed by atoms with E-state index in [-0.39, 0.29) is 17.0 Å². The molecule has 1 atom stereocenters. The summed E-state index contributed by atoms with van der Waals surface area (Å²) in [5.74, 6) is -0.774. The Morgan fingerprint density at radius 1 is 1.57 bits per heavy atom. The van der Waals surface area contributed by atoms with Gasteiger partial charge in [-0.3, -0.25) is 9.69 Å². The molecule has 0 aromatic carbocycles. The van der Waals surface area contributed by atoms with Crippen LogP contribution in [-0.4, -0.2) is 38.3 Å². The van der Waals surface area contributed by atoms with Gasteiger partial charge in [0, 0.05) is 6.54 Å². The van der Waals surface area contributed by atoms with Crippen LogP contribution in [0.15, 0.2) is 22.9 Å². The number of rotatable bonds is 2. The molecule has 0 spiro atoms. The molecule has 0 bridgehead atoms. The van der Waals surface area contributed by atoms with Crippen molar-refractivity contribution in [1.29, 1.82) is 0 Å². The van der Waals surface area contributed by atoms with Crippen LogP contribution in [0.4, 0.5) is 0 Å². The summed E-state index contributed by atoms with van der Waals surface area (Å²) in [6, 6.07) is 0. The molecule has 3 aliphatic heterocycles. The quantitative estimate of drug-likeness (QED) is 0.530. The number of hydrogen-bond acceptors (Lipinski definition) is 6. The zero-order valence-corrected chi connectivity index (χ0v) is 11.6. The number of aromatic nitrogens is 2. The molecule has 7 nitrogen and oxygen atoms in total. The fourth-order valence-electron chi connectivity index (χ4n) is 2.66. The summed E-state index contributed by atoms with van der Waals surface area (Å²) < 4.78 is 7.33. The number of imidazole rings is 1. The average molecular weight is 304 g/mol. The van der Waals surface area contributed by atoms with Gasteiger partial charge in [-0.15, -0.1) is 11.8 Å². The highest BCUT2D eigenvalue weighted by Crippen LogP contribution is 2.44. The lowest BCUT2D eigenvalue weighted by molar-refractivity contribution is -0.301. The van der Waals surface area contributed by atoms with E-state index in [9.17, 15) is 14.7 Å². The molecule has 1 amide bonds. The SMILES string of the molecule is O=C([O-])C1=CS[C@@H]2/C(=C\c3cnc4n3CCOC4)C(=O)N12. The third kappa shape index (κ3) is 1.76. The number of hydrogen-bond donors (Lipinski definition) is 0. The Kier molecular flexibility index (Phi) is 2.69. The van der Waals surface area contributed by atoms with E-state index < -0.39 is 5.97 Å². The van der Waals surface area contributed by atoms with Gasteiger partial charge in [0.05, 0.1) is 35.7 Å². The topological polar surface area (TPSA) is 87.5 Å². The maximum atomic E-state index is 12.1. The van der Waals surface area contributed by atoms with Crippen molar-refractivity contribution in [3.63, 3.8) is 0 Å². The van der Waals surface area contributed by atoms with Crippen molar-refractivity contribution >= 4 is 29.7 Å². The number of carboxylic acid groups (broad SMARTS) is 1. The molecule has 0 unspecified atom stereocenters. The largest absolute Gasteiger partial charge is 0.543 e. The normalized spacial score (nSPS) is 25.4. The van der Waals surface area contributed by atoms with Gasteiger partial charge in [0.2, 0.25) is 0 Å². The molecule has 0 radical (unpaired) electrons. The molecule has 0 aliphatic carbocycles. The minimum absolute atomic E-state index is 0.0594. The smallest absolute Gasteiger partial charge is 0.258 e. The fraction of sp³-hybridized carbons (Fsp3) is 0.308. The fourth-order valence-corrected chi connectivity index (χ4v) is 3.77. The standard InChI is InChI=1S/C13H11N3O4S/c17-11-8(12-16(11)9(6-21-12)13(18)19)3-7-4-14-10-5-20-2-1-15(7)10/h3-4,6,12H,1-2,5H2,(H,18,19)/p-1/b8-3-/t12-/m1/s1. The maximum absolute atomic E-state index is 12.1. The number of nitrogens with zero attached hydrogens (tertiary/aromatic N) is 3. The first-order chi connectivity index (χ1) is 10.2. The van der Waals surface area contributed by atoms with Crippen LogP contribution < -0.4 is 5.11 Å². The Hall–Kier alpha value is -2.06. The molecular weight excluding hydrogens is 294 g/mol. The minimum Gasteiger partial charge on any atom is -0.543 e. The monoisotopic (exact) mass is 304 g/mol. The Bertz CT molecular complexity index is 721. The van der Waals surface area contributed by atoms with E-state index in [1.54, 1.807) is 12.3 Å². The predicted molar refractivity (Wildman–Crippen MR) is 71.2 cm³/mol. The zero-order valence-electron chi connectivity index (χ0n) is 10.8. The highest BCUT2D eigenvalue weighted by molar-refractivity contribution is 8.03. The summed E-state index contributed by atoms with van der Waals surface area (Å²) in [6.07, 6.45) is 3.49. The van der Waals surface area contributed by atoms with Gasteiger partial charge in [-0.1, -0.05) is 0 Å². The molecular formula is C13H10N3O4S-. The Balaban J connectivity index is 1.63. The molecule has 3 aliphatic rings. The van der Waals surface area contributed by atoms with Crippen molar-refractivity contribution in [2.45, 2.75) is 18.5 Å². The molecule has 0 N–H and O–H groups in total. The van der Waals surface area contributed by atoms with Crippen molar-refractivity contribution in [1.82, 2.24) is 14.5 Å². The molecule has 4 heterocycles. The van der Waals surface area contributed by atoms with Crippen molar-refractivity contribution in [2.75, 3.05) is 6.61 Å². The lowest BCUT2D eigenvalue weighted by Crippen LogP contribution is -2.52. The van der Waals surface area contributed by atoms with E-state index in [4.69, 9.17) is 4.74 Å². The second kappa shape index (κ2) is 4.47. The van der Waals surface area contributed by atoms with Gasteiger partial charge in [-0.05, 0) is 11.5 Å². The molecule has 0 saturated carbocycles. The highest BCUT2D eigenvalue weighted by atomic mass is 32.2. The summed E-state index contributed by atoms with van der Waals surface area (Å²) in [6.45, 7) is 1.79. The molecule has 1 aromatic rings. The van der Waals surface area contributed by atoms with Gasteiger partial charge in [0.15, 0.2) is 0 Å². The van der Waals surface area contributed by atoms with Crippen LogP contribution in [0.3, 0.4) is 0 Å². The van der Waals surface area contributed by atoms with Gasteiger partial charge in [-0.25, -0.2) is 4.98 Å². The number of thioether (sulfide) groups is 1. The highest BCUT2D eigenvalue weighted by Gasteiger charge is 2.47. The van der Waals surface area contributed by atoms with E-state index in [1.807, 2.05) is 4.57 Å². The lowest BCUT2D eigenvalue weighted by Gasteiger charge is -2.38. The molecule has 21 heavy (non-hydrogen) atoms. The van der Waals surface area contributed by atoms with Crippen LogP contribution in [0.25, 0.3) is 6.08 Å². The summed E-state index contributed by atoms with van der Waals surface area (Å²) in [5, 5.41) is 12.1. The van der Waals surface area contributed by atoms with Crippen molar-refractivity contribution in [3.05, 3.63) is 34.4 Å². The number of amides is 1. The van der Waals surface area contributed by atoms with Gasteiger partial charge < -0.3 is 19.2 Å². The Morgan fingerprint density at radius 3 is 3.24 bits per heavy atom. The van der Waals surface area contributed by atoms with E-state index in [0.29, 0.717) is 25.3 Å². The van der Waals surface area contributed by atoms with Gasteiger partial charge in [0.25, 0.3) is 5.91 Å². The average Bonchev–Trinajstić information content (AvgIpc) is 3.06. The van der Waals surface area contributed by atoms with Crippen LogP contribution in [0, 0.1) is 0 Å². The number of fused-ring (bicyclic) bond motifs is 2. The first-order valence-electron chi connectivity index (χ1n) is 6.41. The van der Waals surface area contributed by atoms with Crippen molar-refractivity contribution < 1.29 is 19.4 Å². The summed E-state index contributed by atoms with van der Waals surface area (Å²) in [5.41, 5.74) is 1.37. The number of aliphatic carboxylic acids is 1. The van der Waals surface area contributed by atoms with E-state index in [2.05, 4.69) is 4.98 Å². The third-order valence-corrected chi connectivity index (χ3v) is 4.79. The van der Waals surface area contributed by atoms with E-state index in [0.717, 1.165) is 11.5 Å². The van der Waals surface area contributed by atoms with E-state index >= 15 is 0 Å². The molecule has 8 heteroatoms. The third-order valence-electron chi connectivity index (χ3n) is 3.71. The summed E-state index contributed by atoms with van der Waals surface area (Å²) in [7, 11) is 0. The lowest BCUT2D eigenvalue weighted by atomic mass is 10.0. The predicted octanol–water partition coefficient (Wildman–Crippen LogP) is -0.697. The number of carbonyl (C=O) groups is 2. The first-order valence-corrected chi connectivity index (χ1v) is 7.35. The minimum atomic E-state index is -1.32. The van der Waals surface area contributed by atoms with Crippen LogP contribution in [0.5, 0.6) is 0 Å². The Morgan fingerprint density at radius 2 is 2.43 bits per heavy atom. The molecule has 4 rings (SSSR count). The number of ether oxygens (including phenoxy) is 1. The van der Waals surface area contributed by atoms with Gasteiger partial charge >= 0.3 is 0 Å². The molecule has 1 aromatic heterocycles. The summed E-state index contributed by atoms with van der Waals surface area (Å²) in [4.78, 5) is 28.5. The van der Waals surface area contributed by atoms with Gasteiger partial charge in [0.1, 0.15) is 17.8 Å². The molecule has 1 fully saturated rings. The number of carbonyl (C=O) groups excluding carboxylic acids is 2. The van der Waals surface area contributed by atoms with E-state index in [1.165, 1.54) is 22.1 Å². The summed E-state index contributed by atoms with van der Waals surface area (Å²) >= 11 is 1.30. The van der Waals surface area contributed by atoms with Crippen molar-refractivity contribution in [3.8, 4) is 0 Å². The van der Waals surface area contributed by atoms with Gasteiger partial charge in [-0.2, -0.15) is 0 Å². The Labute approximate surface area is 123 Å². The molecule has 108 valence electrons. The number of carboxylic acids is 1. The van der Waals surface area contributed by atoms with Crippen LogP contribution in [0.1, 0.15) is 11.5 Å². The zero-order chi connectivity index (χ0) is 14.6. The second-order valence-corrected chi connectivity index (χ2v) is 5.81. The second-order valence-electron chi connectivity index (χ2n) is 4.86. The molecule has 1 saturated heterocycles. The van der Waals surface area contributed by atoms with Crippen LogP contribution in [-0.2, 0) is 27.5 Å². The first kappa shape index (κ1) is 12.7. The van der Waals surface area contributed by atoms with Crippen LogP contribution in [0.2, 0.25) is 0 Å². The van der Waals surface area contributed by atoms with Crippen molar-refractivity contribution in [2.24, 2.45) is 0 Å². The number of β-lactam (4-membered cyclic amide) rings is 1. The van der Waals surface area contributed by atoms with Crippen LogP contribution >= 0.6 is 11.8 Å².